The second-order valence-corrected chi connectivity index (χ2v) is 6.83. The molecule has 1 fully saturated rings. The molecule has 0 aliphatic carbocycles. The molecule has 0 spiro atoms. The zero-order valence-corrected chi connectivity index (χ0v) is 15.9. The topological polar surface area (TPSA) is 54.7 Å². The van der Waals surface area contributed by atoms with E-state index in [4.69, 9.17) is 4.74 Å². The van der Waals surface area contributed by atoms with E-state index in [2.05, 4.69) is 50.0 Å². The molecule has 3 rings (SSSR count). The summed E-state index contributed by atoms with van der Waals surface area (Å²) in [6, 6.07) is 8.60. The Kier molecular flexibility index (Phi) is 6.15. The second kappa shape index (κ2) is 8.74. The first-order valence-corrected chi connectivity index (χ1v) is 9.28. The summed E-state index contributed by atoms with van der Waals surface area (Å²) in [5, 5.41) is 3.52. The molecule has 0 bridgehead atoms. The summed E-state index contributed by atoms with van der Waals surface area (Å²) < 4.78 is 7.66. The maximum Gasteiger partial charge on any atom is 0.193 e. The summed E-state index contributed by atoms with van der Waals surface area (Å²) in [5.41, 5.74) is 1.21. The number of piperidine rings is 1. The van der Waals surface area contributed by atoms with Gasteiger partial charge in [0.25, 0.3) is 0 Å². The van der Waals surface area contributed by atoms with Crippen molar-refractivity contribution in [1.82, 2.24) is 19.8 Å². The van der Waals surface area contributed by atoms with Crippen LogP contribution >= 0.6 is 0 Å². The fraction of sp³-hybridized carbons (Fsp3) is 0.500. The third kappa shape index (κ3) is 4.18. The van der Waals surface area contributed by atoms with Crippen molar-refractivity contribution in [1.29, 1.82) is 0 Å². The lowest BCUT2D eigenvalue weighted by Crippen LogP contribution is -2.49. The van der Waals surface area contributed by atoms with Crippen molar-refractivity contribution in [3.05, 3.63) is 48.5 Å². The molecule has 2 heterocycles. The molecule has 2 atom stereocenters. The van der Waals surface area contributed by atoms with E-state index >= 15 is 0 Å². The maximum atomic E-state index is 5.44. The minimum absolute atomic E-state index is 0.430. The van der Waals surface area contributed by atoms with Crippen molar-refractivity contribution in [2.75, 3.05) is 33.8 Å². The molecule has 0 radical (unpaired) electrons. The molecule has 0 amide bonds. The first-order chi connectivity index (χ1) is 12.7. The number of hydrogen-bond donors (Lipinski definition) is 1. The first-order valence-electron chi connectivity index (χ1n) is 9.28. The number of ether oxygens (including phenoxy) is 1. The van der Waals surface area contributed by atoms with Gasteiger partial charge >= 0.3 is 0 Å². The van der Waals surface area contributed by atoms with Gasteiger partial charge in [-0.3, -0.25) is 4.99 Å². The highest BCUT2D eigenvalue weighted by Gasteiger charge is 2.28. The van der Waals surface area contributed by atoms with Crippen LogP contribution in [0.5, 0.6) is 5.75 Å². The molecular weight excluding hydrogens is 326 g/mol. The molecule has 26 heavy (non-hydrogen) atoms. The second-order valence-electron chi connectivity index (χ2n) is 6.83. The third-order valence-electron chi connectivity index (χ3n) is 5.21. The number of para-hydroxylation sites is 1. The van der Waals surface area contributed by atoms with Gasteiger partial charge in [-0.1, -0.05) is 25.1 Å². The zero-order chi connectivity index (χ0) is 18.4. The van der Waals surface area contributed by atoms with Crippen LogP contribution in [-0.4, -0.2) is 54.2 Å². The highest BCUT2D eigenvalue weighted by atomic mass is 16.5. The van der Waals surface area contributed by atoms with Gasteiger partial charge in [-0.15, -0.1) is 0 Å². The van der Waals surface area contributed by atoms with Gasteiger partial charge in [0, 0.05) is 39.1 Å². The van der Waals surface area contributed by atoms with Gasteiger partial charge in [0.1, 0.15) is 5.75 Å². The number of guanidine groups is 1. The number of aromatic nitrogens is 2. The molecule has 6 heteroatoms. The average molecular weight is 355 g/mol. The van der Waals surface area contributed by atoms with Gasteiger partial charge in [-0.05, 0) is 30.4 Å². The Bertz CT molecular complexity index is 713. The molecule has 1 aromatic carbocycles. The number of nitrogens with one attached hydrogen (secondary N) is 1. The summed E-state index contributed by atoms with van der Waals surface area (Å²) in [6.45, 7) is 5.13. The quantitative estimate of drug-likeness (QED) is 0.662. The lowest BCUT2D eigenvalue weighted by atomic mass is 9.93. The van der Waals surface area contributed by atoms with Gasteiger partial charge in [0.05, 0.1) is 19.5 Å². The van der Waals surface area contributed by atoms with Crippen LogP contribution in [0.1, 0.15) is 24.9 Å². The van der Waals surface area contributed by atoms with Gasteiger partial charge in [0.15, 0.2) is 5.96 Å². The van der Waals surface area contributed by atoms with Crippen molar-refractivity contribution >= 4 is 5.96 Å². The van der Waals surface area contributed by atoms with E-state index in [0.717, 1.165) is 44.2 Å². The highest BCUT2D eigenvalue weighted by molar-refractivity contribution is 5.80. The fourth-order valence-electron chi connectivity index (χ4n) is 3.65. The minimum atomic E-state index is 0.430. The lowest BCUT2D eigenvalue weighted by Gasteiger charge is -2.39. The molecule has 1 N–H and O–H groups in total. The Hall–Kier alpha value is -2.50. The first kappa shape index (κ1) is 18.3. The molecule has 6 nitrogen and oxygen atoms in total. The largest absolute Gasteiger partial charge is 0.496 e. The van der Waals surface area contributed by atoms with Crippen molar-refractivity contribution in [2.24, 2.45) is 10.9 Å². The Morgan fingerprint density at radius 1 is 1.38 bits per heavy atom. The van der Waals surface area contributed by atoms with Crippen molar-refractivity contribution in [2.45, 2.75) is 25.8 Å². The van der Waals surface area contributed by atoms with E-state index in [0.29, 0.717) is 12.0 Å². The van der Waals surface area contributed by atoms with Crippen molar-refractivity contribution < 1.29 is 4.74 Å². The van der Waals surface area contributed by atoms with Gasteiger partial charge in [-0.25, -0.2) is 4.98 Å². The van der Waals surface area contributed by atoms with Gasteiger partial charge < -0.3 is 19.5 Å². The summed E-state index contributed by atoms with van der Waals surface area (Å²) in [7, 11) is 3.58. The van der Waals surface area contributed by atoms with Crippen LogP contribution in [0.25, 0.3) is 0 Å². The van der Waals surface area contributed by atoms with Crippen LogP contribution in [0.4, 0.5) is 0 Å². The van der Waals surface area contributed by atoms with Crippen LogP contribution in [0.2, 0.25) is 0 Å². The monoisotopic (exact) mass is 355 g/mol. The molecule has 140 valence electrons. The number of hydrogen-bond acceptors (Lipinski definition) is 3. The van der Waals surface area contributed by atoms with E-state index in [-0.39, 0.29) is 0 Å². The number of aliphatic imine (C=N–C) groups is 1. The molecular formula is C20H29N5O. The predicted octanol–water partition coefficient (Wildman–Crippen LogP) is 2.59. The Morgan fingerprint density at radius 2 is 2.23 bits per heavy atom. The van der Waals surface area contributed by atoms with E-state index in [9.17, 15) is 0 Å². The average Bonchev–Trinajstić information content (AvgIpc) is 3.21. The summed E-state index contributed by atoms with van der Waals surface area (Å²) >= 11 is 0. The maximum absolute atomic E-state index is 5.44. The van der Waals surface area contributed by atoms with Crippen molar-refractivity contribution in [3.63, 3.8) is 0 Å². The standard InChI is InChI=1S/C20H29N5O/c1-16-9-12-24(14-18(16)25-13-11-22-15-25)20(21-2)23-10-8-17-6-4-5-7-19(17)26-3/h4-7,11,13,15-16,18H,8-10,12,14H2,1-3H3,(H,21,23). The van der Waals surface area contributed by atoms with Crippen LogP contribution in [-0.2, 0) is 6.42 Å². The Morgan fingerprint density at radius 3 is 2.96 bits per heavy atom. The zero-order valence-electron chi connectivity index (χ0n) is 15.9. The predicted molar refractivity (Wildman–Crippen MR) is 105 cm³/mol. The SMILES string of the molecule is CN=C(NCCc1ccccc1OC)N1CCC(C)C(n2ccnc2)C1. The number of rotatable bonds is 5. The number of benzene rings is 1. The van der Waals surface area contributed by atoms with Crippen LogP contribution in [0.15, 0.2) is 48.0 Å². The molecule has 1 aromatic heterocycles. The molecule has 1 aliphatic heterocycles. The van der Waals surface area contributed by atoms with E-state index in [1.807, 2.05) is 31.7 Å². The van der Waals surface area contributed by atoms with Crippen LogP contribution in [0, 0.1) is 5.92 Å². The minimum Gasteiger partial charge on any atom is -0.496 e. The number of likely N-dealkylation sites (tertiary alicyclic amines) is 1. The normalized spacial score (nSPS) is 20.9. The Balaban J connectivity index is 1.58. The third-order valence-corrected chi connectivity index (χ3v) is 5.21. The number of imidazole rings is 1. The van der Waals surface area contributed by atoms with Gasteiger partial charge in [0.2, 0.25) is 0 Å². The lowest BCUT2D eigenvalue weighted by molar-refractivity contribution is 0.189. The van der Waals surface area contributed by atoms with E-state index in [1.54, 1.807) is 7.11 Å². The molecule has 1 saturated heterocycles. The molecule has 2 unspecified atom stereocenters. The smallest absolute Gasteiger partial charge is 0.193 e. The van der Waals surface area contributed by atoms with Crippen molar-refractivity contribution in [3.8, 4) is 5.75 Å². The van der Waals surface area contributed by atoms with E-state index in [1.165, 1.54) is 5.56 Å². The van der Waals surface area contributed by atoms with Crippen LogP contribution in [0.3, 0.4) is 0 Å². The Labute approximate surface area is 155 Å². The summed E-state index contributed by atoms with van der Waals surface area (Å²) in [5.74, 6) is 2.54. The van der Waals surface area contributed by atoms with Gasteiger partial charge in [-0.2, -0.15) is 0 Å². The molecule has 1 aliphatic rings. The molecule has 0 saturated carbocycles. The number of nitrogens with zero attached hydrogens (tertiary/aromatic N) is 4. The summed E-state index contributed by atoms with van der Waals surface area (Å²) in [6.07, 6.45) is 7.88. The highest BCUT2D eigenvalue weighted by Crippen LogP contribution is 2.27. The fourth-order valence-corrected chi connectivity index (χ4v) is 3.65. The molecule has 2 aromatic rings. The summed E-state index contributed by atoms with van der Waals surface area (Å²) in [4.78, 5) is 11.1. The van der Waals surface area contributed by atoms with Crippen LogP contribution < -0.4 is 10.1 Å². The van der Waals surface area contributed by atoms with E-state index < -0.39 is 0 Å². The number of methoxy groups -OCH3 is 1.